The number of allylic oxidation sites excluding steroid dienone is 17. The number of ether oxygens (including phenoxy) is 5. The van der Waals surface area contributed by atoms with Gasteiger partial charge in [0, 0.05) is 12.8 Å². The van der Waals surface area contributed by atoms with E-state index in [2.05, 4.69) is 112 Å². The molecule has 0 radical (unpaired) electrons. The van der Waals surface area contributed by atoms with Gasteiger partial charge < -0.3 is 39.0 Å². The number of hydrogen-bond donors (Lipinski definition) is 3. The van der Waals surface area contributed by atoms with Crippen molar-refractivity contribution in [1.29, 1.82) is 0 Å². The Hall–Kier alpha value is -4.62. The molecule has 1 heterocycles. The van der Waals surface area contributed by atoms with Crippen molar-refractivity contribution in [2.24, 2.45) is 0 Å². The van der Waals surface area contributed by atoms with E-state index in [1.54, 1.807) is 6.08 Å². The summed E-state index contributed by atoms with van der Waals surface area (Å²) in [5.41, 5.74) is 0. The lowest BCUT2D eigenvalue weighted by Crippen LogP contribution is -2.61. The molecule has 0 aliphatic carbocycles. The number of esters is 3. The Morgan fingerprint density at radius 2 is 0.857 bits per heavy atom. The summed E-state index contributed by atoms with van der Waals surface area (Å²) in [6.45, 7) is 5.67. The van der Waals surface area contributed by atoms with Crippen LogP contribution in [0.2, 0.25) is 0 Å². The highest BCUT2D eigenvalue weighted by Crippen LogP contribution is 2.26. The predicted octanol–water partition coefficient (Wildman–Crippen LogP) is 15.4. The molecular weight excluding hydrogens is 973 g/mol. The molecule has 6 unspecified atom stereocenters. The molecule has 1 fully saturated rings. The number of rotatable bonds is 49. The molecule has 0 aromatic heterocycles. The Morgan fingerprint density at radius 3 is 1.31 bits per heavy atom. The molecule has 12 nitrogen and oxygen atoms in total. The van der Waals surface area contributed by atoms with Crippen LogP contribution < -0.4 is 0 Å². The molecular formula is C65H104O12. The van der Waals surface area contributed by atoms with Gasteiger partial charge in [0.05, 0.1) is 13.0 Å². The van der Waals surface area contributed by atoms with Gasteiger partial charge in [0.15, 0.2) is 24.6 Å². The zero-order valence-corrected chi connectivity index (χ0v) is 47.9. The third kappa shape index (κ3) is 42.1. The van der Waals surface area contributed by atoms with Gasteiger partial charge in [-0.25, -0.2) is 4.79 Å². The molecule has 0 aromatic rings. The van der Waals surface area contributed by atoms with Gasteiger partial charge >= 0.3 is 23.9 Å². The minimum absolute atomic E-state index is 0.0190. The fraction of sp³-hybridized carbons (Fsp3) is 0.662. The maximum absolute atomic E-state index is 13.1. The van der Waals surface area contributed by atoms with Gasteiger partial charge in [-0.1, -0.05) is 233 Å². The number of carbonyl (C=O) groups excluding carboxylic acids is 3. The van der Waals surface area contributed by atoms with E-state index < -0.39 is 67.3 Å². The number of carbonyl (C=O) groups is 4. The molecule has 1 rings (SSSR count). The van der Waals surface area contributed by atoms with Crippen LogP contribution in [0.4, 0.5) is 0 Å². The number of hydrogen-bond acceptors (Lipinski definition) is 11. The SMILES string of the molecule is CC/C=C\C/C=C\C/C=C\C/C=C\C/C=C\CC(=O)OCC(COC1OC(C(=O)O)C(O)C(O)C1OC(=O)CCCCCCCC/C=C\C/C=C\C/C=C\C/C=C\CC)OC(=O)CCCCCCCCCCCCCCC. The van der Waals surface area contributed by atoms with E-state index in [1.807, 2.05) is 12.2 Å². The first-order valence-electron chi connectivity index (χ1n) is 29.9. The summed E-state index contributed by atoms with van der Waals surface area (Å²) in [4.78, 5) is 51.1. The van der Waals surface area contributed by atoms with Crippen molar-refractivity contribution in [2.45, 2.75) is 263 Å². The Kier molecular flexibility index (Phi) is 47.6. The smallest absolute Gasteiger partial charge is 0.335 e. The van der Waals surface area contributed by atoms with Crippen molar-refractivity contribution in [1.82, 2.24) is 0 Å². The fourth-order valence-corrected chi connectivity index (χ4v) is 8.37. The summed E-state index contributed by atoms with van der Waals surface area (Å²) in [5.74, 6) is -3.31. The van der Waals surface area contributed by atoms with Crippen molar-refractivity contribution in [3.8, 4) is 0 Å². The maximum atomic E-state index is 13.1. The molecule has 0 bridgehead atoms. The molecule has 1 aliphatic heterocycles. The van der Waals surface area contributed by atoms with Gasteiger partial charge in [-0.3, -0.25) is 14.4 Å². The normalized spacial score (nSPS) is 18.8. The van der Waals surface area contributed by atoms with Crippen LogP contribution in [0.5, 0.6) is 0 Å². The van der Waals surface area contributed by atoms with Crippen molar-refractivity contribution in [3.05, 3.63) is 109 Å². The quantitative estimate of drug-likeness (QED) is 0.0228. The molecule has 77 heavy (non-hydrogen) atoms. The van der Waals surface area contributed by atoms with Gasteiger partial charge in [-0.2, -0.15) is 0 Å². The Morgan fingerprint density at radius 1 is 0.455 bits per heavy atom. The van der Waals surface area contributed by atoms with Crippen molar-refractivity contribution in [2.75, 3.05) is 13.2 Å². The van der Waals surface area contributed by atoms with Crippen LogP contribution in [0, 0.1) is 0 Å². The van der Waals surface area contributed by atoms with Crippen LogP contribution in [0.15, 0.2) is 109 Å². The van der Waals surface area contributed by atoms with Gasteiger partial charge in [-0.05, 0) is 83.5 Å². The van der Waals surface area contributed by atoms with Crippen LogP contribution in [-0.2, 0) is 42.9 Å². The Bertz CT molecular complexity index is 1750. The van der Waals surface area contributed by atoms with E-state index in [9.17, 15) is 34.5 Å². The highest BCUT2D eigenvalue weighted by Gasteiger charge is 2.50. The van der Waals surface area contributed by atoms with E-state index in [4.69, 9.17) is 23.7 Å². The van der Waals surface area contributed by atoms with E-state index in [1.165, 1.54) is 57.8 Å². The first kappa shape index (κ1) is 70.4. The van der Waals surface area contributed by atoms with Gasteiger partial charge in [0.25, 0.3) is 0 Å². The summed E-state index contributed by atoms with van der Waals surface area (Å²) in [6.07, 6.45) is 57.9. The van der Waals surface area contributed by atoms with Crippen molar-refractivity contribution >= 4 is 23.9 Å². The average Bonchev–Trinajstić information content (AvgIpc) is 3.42. The monoisotopic (exact) mass is 1080 g/mol. The van der Waals surface area contributed by atoms with Crippen LogP contribution in [-0.4, -0.2) is 89.2 Å². The molecule has 0 amide bonds. The minimum Gasteiger partial charge on any atom is -0.479 e. The molecule has 1 saturated heterocycles. The van der Waals surface area contributed by atoms with Gasteiger partial charge in [0.1, 0.15) is 18.8 Å². The van der Waals surface area contributed by atoms with Crippen LogP contribution in [0.3, 0.4) is 0 Å². The number of aliphatic hydroxyl groups excluding tert-OH is 2. The van der Waals surface area contributed by atoms with E-state index in [0.29, 0.717) is 19.3 Å². The van der Waals surface area contributed by atoms with Crippen LogP contribution in [0.25, 0.3) is 0 Å². The van der Waals surface area contributed by atoms with Crippen molar-refractivity contribution in [3.63, 3.8) is 0 Å². The molecule has 3 N–H and O–H groups in total. The van der Waals surface area contributed by atoms with Gasteiger partial charge in [-0.15, -0.1) is 0 Å². The second kappa shape index (κ2) is 52.1. The highest BCUT2D eigenvalue weighted by atomic mass is 16.7. The van der Waals surface area contributed by atoms with E-state index >= 15 is 0 Å². The van der Waals surface area contributed by atoms with Crippen LogP contribution in [0.1, 0.15) is 226 Å². The lowest BCUT2D eigenvalue weighted by Gasteiger charge is -2.40. The van der Waals surface area contributed by atoms with Gasteiger partial charge in [0.2, 0.25) is 0 Å². The average molecular weight is 1080 g/mol. The highest BCUT2D eigenvalue weighted by molar-refractivity contribution is 5.74. The summed E-state index contributed by atoms with van der Waals surface area (Å²) < 4.78 is 28.3. The first-order valence-corrected chi connectivity index (χ1v) is 29.9. The summed E-state index contributed by atoms with van der Waals surface area (Å²) in [6, 6.07) is 0. The number of aliphatic carboxylic acids is 1. The Labute approximate surface area is 465 Å². The third-order valence-electron chi connectivity index (χ3n) is 12.9. The predicted molar refractivity (Wildman–Crippen MR) is 312 cm³/mol. The summed E-state index contributed by atoms with van der Waals surface area (Å²) in [7, 11) is 0. The molecule has 0 saturated carbocycles. The molecule has 436 valence electrons. The summed E-state index contributed by atoms with van der Waals surface area (Å²) in [5, 5.41) is 31.5. The Balaban J connectivity index is 2.73. The molecule has 1 aliphatic rings. The number of carboxylic acids is 1. The lowest BCUT2D eigenvalue weighted by molar-refractivity contribution is -0.301. The van der Waals surface area contributed by atoms with Crippen molar-refractivity contribution < 1.29 is 58.2 Å². The number of unbranched alkanes of at least 4 members (excludes halogenated alkanes) is 18. The summed E-state index contributed by atoms with van der Waals surface area (Å²) >= 11 is 0. The maximum Gasteiger partial charge on any atom is 0.335 e. The molecule has 6 atom stereocenters. The zero-order chi connectivity index (χ0) is 56.1. The van der Waals surface area contributed by atoms with Crippen LogP contribution >= 0.6 is 0 Å². The third-order valence-corrected chi connectivity index (χ3v) is 12.9. The molecule has 12 heteroatoms. The minimum atomic E-state index is -1.92. The first-order chi connectivity index (χ1) is 37.6. The number of carboxylic acid groups (broad SMARTS) is 1. The molecule has 0 spiro atoms. The second-order valence-electron chi connectivity index (χ2n) is 19.9. The lowest BCUT2D eigenvalue weighted by atomic mass is 9.98. The fourth-order valence-electron chi connectivity index (χ4n) is 8.37. The standard InChI is InChI=1S/C65H104O12/c1-4-7-10-13-16-19-22-25-27-28-29-30-32-35-38-41-44-47-50-53-59(68)76-63-61(70)60(69)62(64(71)72)77-65(63)74-55-56(75-58(67)52-49-46-43-40-37-33-24-21-18-15-12-9-6-3)54-73-57(66)51-48-45-42-39-36-34-31-26-23-20-17-14-11-8-5-2/h7-8,10-11,16-17,19-20,25-27,29-31,36,39,45,48,56,60-63,65,69-70H,4-6,9,12-15,18,21-24,28,32-35,37-38,40-44,46-47,49-55H2,1-3H3,(H,71,72)/b10-7-,11-8-,19-16-,20-17-,27-25-,30-29-,31-26-,39-36-,48-45-. The molecule has 0 aromatic carbocycles. The topological polar surface area (TPSA) is 175 Å². The van der Waals surface area contributed by atoms with E-state index in [0.717, 1.165) is 109 Å². The largest absolute Gasteiger partial charge is 0.479 e. The van der Waals surface area contributed by atoms with E-state index in [-0.39, 0.29) is 25.9 Å². The zero-order valence-electron chi connectivity index (χ0n) is 47.9. The second-order valence-corrected chi connectivity index (χ2v) is 19.9. The number of aliphatic hydroxyl groups is 2.